The van der Waals surface area contributed by atoms with Gasteiger partial charge in [-0.25, -0.2) is 14.5 Å². The van der Waals surface area contributed by atoms with Gasteiger partial charge in [0, 0.05) is 36.6 Å². The number of carbonyl (C=O) groups is 1. The first kappa shape index (κ1) is 21.0. The fraction of sp³-hybridized carbons (Fsp3) is 0.208. The highest BCUT2D eigenvalue weighted by atomic mass is 16.5. The number of rotatable bonds is 7. The Kier molecular flexibility index (Phi) is 6.08. The second kappa shape index (κ2) is 9.27. The van der Waals surface area contributed by atoms with Crippen molar-refractivity contribution in [2.75, 3.05) is 0 Å². The molecule has 0 unspecified atom stereocenters. The number of pyridine rings is 1. The zero-order valence-electron chi connectivity index (χ0n) is 17.9. The number of hydrogen-bond acceptors (Lipinski definition) is 6. The van der Waals surface area contributed by atoms with Crippen molar-refractivity contribution in [3.63, 3.8) is 0 Å². The van der Waals surface area contributed by atoms with Crippen molar-refractivity contribution >= 4 is 11.6 Å². The van der Waals surface area contributed by atoms with Crippen LogP contribution in [0.2, 0.25) is 0 Å². The lowest BCUT2D eigenvalue weighted by atomic mass is 10.1. The standard InChI is InChI=1S/C24H22N6O2/c1-16-21(17(2)30-24(29-16)19(13-25)15-28-30)8-9-22(31)27-14-18-10-11-26-23(12-18)32-20-6-4-3-5-7-20/h3-7,10-12,15H,8-9,14H2,1-2H3,(H,27,31). The smallest absolute Gasteiger partial charge is 0.220 e. The summed E-state index contributed by atoms with van der Waals surface area (Å²) in [5.74, 6) is 1.12. The third-order valence-electron chi connectivity index (χ3n) is 5.19. The Bertz CT molecular complexity index is 1310. The predicted octanol–water partition coefficient (Wildman–Crippen LogP) is 3.65. The normalized spacial score (nSPS) is 10.7. The largest absolute Gasteiger partial charge is 0.439 e. The highest BCUT2D eigenvalue weighted by Crippen LogP contribution is 2.20. The van der Waals surface area contributed by atoms with E-state index in [-0.39, 0.29) is 5.91 Å². The van der Waals surface area contributed by atoms with Crippen molar-refractivity contribution in [1.82, 2.24) is 24.9 Å². The average Bonchev–Trinajstić information content (AvgIpc) is 3.21. The van der Waals surface area contributed by atoms with E-state index in [1.165, 1.54) is 6.20 Å². The van der Waals surface area contributed by atoms with Gasteiger partial charge in [-0.2, -0.15) is 10.4 Å². The molecule has 160 valence electrons. The molecule has 0 aliphatic heterocycles. The minimum absolute atomic E-state index is 0.0654. The highest BCUT2D eigenvalue weighted by molar-refractivity contribution is 5.76. The summed E-state index contributed by atoms with van der Waals surface area (Å²) in [5, 5.41) is 16.4. The summed E-state index contributed by atoms with van der Waals surface area (Å²) in [5.41, 5.74) is 4.53. The second-order valence-electron chi connectivity index (χ2n) is 7.36. The zero-order chi connectivity index (χ0) is 22.5. The van der Waals surface area contributed by atoms with Gasteiger partial charge < -0.3 is 10.1 Å². The fourth-order valence-corrected chi connectivity index (χ4v) is 3.50. The number of nitriles is 1. The molecule has 4 rings (SSSR count). The molecule has 8 heteroatoms. The minimum atomic E-state index is -0.0654. The first-order valence-corrected chi connectivity index (χ1v) is 10.2. The van der Waals surface area contributed by atoms with Crippen molar-refractivity contribution < 1.29 is 9.53 Å². The molecule has 0 bridgehead atoms. The molecule has 0 saturated carbocycles. The van der Waals surface area contributed by atoms with E-state index in [2.05, 4.69) is 26.5 Å². The Morgan fingerprint density at radius 1 is 1.22 bits per heavy atom. The van der Waals surface area contributed by atoms with Crippen LogP contribution in [0.5, 0.6) is 11.6 Å². The van der Waals surface area contributed by atoms with Gasteiger partial charge in [0.2, 0.25) is 11.8 Å². The summed E-state index contributed by atoms with van der Waals surface area (Å²) < 4.78 is 7.40. The van der Waals surface area contributed by atoms with Gasteiger partial charge in [-0.05, 0) is 49.6 Å². The lowest BCUT2D eigenvalue weighted by Gasteiger charge is -2.11. The Balaban J connectivity index is 1.36. The summed E-state index contributed by atoms with van der Waals surface area (Å²) in [6, 6.07) is 15.2. The van der Waals surface area contributed by atoms with Crippen molar-refractivity contribution in [3.05, 3.63) is 82.9 Å². The van der Waals surface area contributed by atoms with E-state index in [4.69, 9.17) is 4.74 Å². The van der Waals surface area contributed by atoms with E-state index < -0.39 is 0 Å². The average molecular weight is 426 g/mol. The van der Waals surface area contributed by atoms with Crippen LogP contribution in [-0.2, 0) is 17.8 Å². The van der Waals surface area contributed by atoms with Gasteiger partial charge in [0.1, 0.15) is 17.4 Å². The van der Waals surface area contributed by atoms with E-state index in [1.807, 2.05) is 56.3 Å². The number of nitrogens with one attached hydrogen (secondary N) is 1. The van der Waals surface area contributed by atoms with Crippen LogP contribution < -0.4 is 10.1 Å². The summed E-state index contributed by atoms with van der Waals surface area (Å²) in [6.45, 7) is 4.19. The van der Waals surface area contributed by atoms with Crippen LogP contribution in [-0.4, -0.2) is 25.5 Å². The molecule has 8 nitrogen and oxygen atoms in total. The molecule has 32 heavy (non-hydrogen) atoms. The van der Waals surface area contributed by atoms with Gasteiger partial charge in [0.05, 0.1) is 6.20 Å². The first-order valence-electron chi connectivity index (χ1n) is 10.2. The molecule has 0 radical (unpaired) electrons. The fourth-order valence-electron chi connectivity index (χ4n) is 3.50. The number of nitrogens with zero attached hydrogens (tertiary/aromatic N) is 5. The Morgan fingerprint density at radius 3 is 2.81 bits per heavy atom. The number of para-hydroxylation sites is 1. The van der Waals surface area contributed by atoms with Crippen LogP contribution in [0.3, 0.4) is 0 Å². The Morgan fingerprint density at radius 2 is 2.03 bits per heavy atom. The molecule has 0 saturated heterocycles. The number of aromatic nitrogens is 4. The number of fused-ring (bicyclic) bond motifs is 1. The van der Waals surface area contributed by atoms with Crippen LogP contribution in [0.25, 0.3) is 5.65 Å². The summed E-state index contributed by atoms with van der Waals surface area (Å²) in [4.78, 5) is 21.2. The van der Waals surface area contributed by atoms with E-state index >= 15 is 0 Å². The Hall–Kier alpha value is -4.25. The molecule has 3 heterocycles. The van der Waals surface area contributed by atoms with Crippen LogP contribution in [0.15, 0.2) is 54.9 Å². The van der Waals surface area contributed by atoms with Crippen LogP contribution in [0, 0.1) is 25.2 Å². The van der Waals surface area contributed by atoms with Gasteiger partial charge in [-0.15, -0.1) is 0 Å². The van der Waals surface area contributed by atoms with Crippen molar-refractivity contribution in [2.24, 2.45) is 0 Å². The van der Waals surface area contributed by atoms with Gasteiger partial charge in [0.25, 0.3) is 0 Å². The summed E-state index contributed by atoms with van der Waals surface area (Å²) in [7, 11) is 0. The number of carbonyl (C=O) groups excluding carboxylic acids is 1. The van der Waals surface area contributed by atoms with Gasteiger partial charge in [-0.1, -0.05) is 18.2 Å². The number of ether oxygens (including phenoxy) is 1. The summed E-state index contributed by atoms with van der Waals surface area (Å²) >= 11 is 0. The summed E-state index contributed by atoms with van der Waals surface area (Å²) in [6.07, 6.45) is 4.02. The number of benzene rings is 1. The molecular formula is C24H22N6O2. The number of aryl methyl sites for hydroxylation is 2. The number of amides is 1. The van der Waals surface area contributed by atoms with E-state index in [1.54, 1.807) is 10.7 Å². The van der Waals surface area contributed by atoms with Crippen LogP contribution in [0.4, 0.5) is 0 Å². The molecular weight excluding hydrogens is 404 g/mol. The molecule has 4 aromatic rings. The molecule has 0 aliphatic carbocycles. The van der Waals surface area contributed by atoms with E-state index in [9.17, 15) is 10.1 Å². The van der Waals surface area contributed by atoms with Crippen molar-refractivity contribution in [1.29, 1.82) is 5.26 Å². The molecule has 1 amide bonds. The van der Waals surface area contributed by atoms with Crippen molar-refractivity contribution in [2.45, 2.75) is 33.2 Å². The molecule has 0 spiro atoms. The molecule has 0 fully saturated rings. The molecule has 3 aromatic heterocycles. The third kappa shape index (κ3) is 4.57. The minimum Gasteiger partial charge on any atom is -0.439 e. The van der Waals surface area contributed by atoms with Gasteiger partial charge in [-0.3, -0.25) is 4.79 Å². The van der Waals surface area contributed by atoms with E-state index in [0.29, 0.717) is 42.2 Å². The van der Waals surface area contributed by atoms with E-state index in [0.717, 1.165) is 22.5 Å². The zero-order valence-corrected chi connectivity index (χ0v) is 17.9. The van der Waals surface area contributed by atoms with Crippen LogP contribution >= 0.6 is 0 Å². The monoisotopic (exact) mass is 426 g/mol. The Labute approximate surface area is 185 Å². The first-order chi connectivity index (χ1) is 15.5. The second-order valence-corrected chi connectivity index (χ2v) is 7.36. The molecule has 0 aliphatic rings. The number of hydrogen-bond donors (Lipinski definition) is 1. The predicted molar refractivity (Wildman–Crippen MR) is 118 cm³/mol. The maximum absolute atomic E-state index is 12.5. The van der Waals surface area contributed by atoms with Gasteiger partial charge in [0.15, 0.2) is 5.65 Å². The molecule has 1 N–H and O–H groups in total. The molecule has 0 atom stereocenters. The molecule has 1 aromatic carbocycles. The van der Waals surface area contributed by atoms with Crippen molar-refractivity contribution in [3.8, 4) is 17.7 Å². The lowest BCUT2D eigenvalue weighted by Crippen LogP contribution is -2.23. The maximum Gasteiger partial charge on any atom is 0.220 e. The van der Waals surface area contributed by atoms with Crippen LogP contribution in [0.1, 0.15) is 34.5 Å². The SMILES string of the molecule is Cc1nc2c(C#N)cnn2c(C)c1CCC(=O)NCc1ccnc(Oc2ccccc2)c1. The lowest BCUT2D eigenvalue weighted by molar-refractivity contribution is -0.121. The third-order valence-corrected chi connectivity index (χ3v) is 5.19. The highest BCUT2D eigenvalue weighted by Gasteiger charge is 2.14. The topological polar surface area (TPSA) is 105 Å². The quantitative estimate of drug-likeness (QED) is 0.484. The van der Waals surface area contributed by atoms with Gasteiger partial charge >= 0.3 is 0 Å². The maximum atomic E-state index is 12.5.